The standard InChI is InChI=1S/C20H21N7O.C20H23N5O.C19H18ClF3N4O.C19H23N7O/c1-13-11-14(5-8-21-13)16-3-4-17-19(22-16)27(15-6-10-26(17)12-15)20(28)23-18-7-9-25(2)24-18;1-13-11-14(7-9-21-13)17-5-6-18-19(23-17)25(16-8-10-24(18)12-16)20(26)22-15-3-2-4-15;20-16-6-5-15-17(25-16)27(13-8-10-26(15)11-13)18(28)24-14-4-2-1-3-12(14)7-9-19(21,22)23;27-19(22-16-12-20-7-8-21-16)26-14-6-11-25(13-14)15-4-5-17(23-18(15)26)24-9-2-1-3-10-24/h3-5,7-9,11,15H,6,10,12H2,1-2H3,(H,23,24,28);5-7,9,11,15-16H,2-4,8,10,12H2,1H3,(H,22,26);1-6,13H,7-11H2,(H,24,28);4-5,7-8,12,14H,1-3,6,9-11,13H2,(H,21,22,27)/t15-;16-;13-;14-/m0000/s1. The molecule has 0 spiro atoms. The number of aryl methyl sites for hydroxylation is 4. The molecule has 19 rings (SSSR count). The number of anilines is 12. The number of fused-ring (bicyclic) bond motifs is 16. The summed E-state index contributed by atoms with van der Waals surface area (Å²) in [4.78, 5) is 107. The first-order chi connectivity index (χ1) is 52.9. The van der Waals surface area contributed by atoms with Gasteiger partial charge in [-0.2, -0.15) is 18.3 Å². The average molecular weight is 1500 g/mol. The third-order valence-electron chi connectivity index (χ3n) is 21.8. The van der Waals surface area contributed by atoms with E-state index in [0.717, 1.165) is 172 Å². The number of nitrogens with one attached hydrogen (secondary N) is 4. The molecule has 31 heteroatoms. The van der Waals surface area contributed by atoms with Crippen LogP contribution in [0.4, 0.5) is 102 Å². The molecule has 8 amide bonds. The van der Waals surface area contributed by atoms with E-state index in [1.165, 1.54) is 25.7 Å². The third-order valence-corrected chi connectivity index (χ3v) is 22.0. The van der Waals surface area contributed by atoms with E-state index in [1.54, 1.807) is 88.1 Å². The van der Waals surface area contributed by atoms with Crippen LogP contribution in [0.2, 0.25) is 5.15 Å². The van der Waals surface area contributed by atoms with E-state index in [2.05, 4.69) is 100 Å². The molecular weight excluding hydrogens is 1420 g/mol. The molecule has 17 heterocycles. The Labute approximate surface area is 633 Å². The average Bonchev–Trinajstić information content (AvgIpc) is 1.69. The summed E-state index contributed by atoms with van der Waals surface area (Å²) in [6, 6.07) is 32.2. The zero-order chi connectivity index (χ0) is 75.0. The Morgan fingerprint density at radius 2 is 1.00 bits per heavy atom. The zero-order valence-electron chi connectivity index (χ0n) is 60.9. The summed E-state index contributed by atoms with van der Waals surface area (Å²) in [6.45, 7) is 13.0. The Kier molecular flexibility index (Phi) is 20.2. The molecule has 10 aliphatic rings. The Hall–Kier alpha value is -11.4. The maximum absolute atomic E-state index is 13.1. The van der Waals surface area contributed by atoms with Gasteiger partial charge in [0.25, 0.3) is 0 Å². The molecule has 1 aromatic carbocycles. The predicted octanol–water partition coefficient (Wildman–Crippen LogP) is 13.3. The van der Waals surface area contributed by atoms with Crippen LogP contribution in [0.3, 0.4) is 0 Å². The van der Waals surface area contributed by atoms with E-state index in [0.29, 0.717) is 47.1 Å². The molecule has 27 nitrogen and oxygen atoms in total. The minimum absolute atomic E-state index is 0.0121. The first-order valence-corrected chi connectivity index (χ1v) is 37.9. The fourth-order valence-electron chi connectivity index (χ4n) is 16.2. The van der Waals surface area contributed by atoms with E-state index in [9.17, 15) is 32.3 Å². The molecule has 1 aliphatic carbocycles. The molecule has 6 fully saturated rings. The monoisotopic (exact) mass is 1500 g/mol. The highest BCUT2D eigenvalue weighted by Gasteiger charge is 2.45. The number of carbonyl (C=O) groups is 4. The van der Waals surface area contributed by atoms with E-state index < -0.39 is 18.6 Å². The van der Waals surface area contributed by atoms with Gasteiger partial charge >= 0.3 is 30.3 Å². The quantitative estimate of drug-likeness (QED) is 0.0978. The van der Waals surface area contributed by atoms with Gasteiger partial charge < -0.3 is 35.1 Å². The van der Waals surface area contributed by atoms with Gasteiger partial charge in [-0.15, -0.1) is 0 Å². The lowest BCUT2D eigenvalue weighted by molar-refractivity contribution is -0.133. The molecule has 8 bridgehead atoms. The van der Waals surface area contributed by atoms with Gasteiger partial charge in [-0.3, -0.25) is 49.9 Å². The number of aromatic nitrogens is 10. The van der Waals surface area contributed by atoms with Crippen molar-refractivity contribution in [2.75, 3.05) is 125 Å². The van der Waals surface area contributed by atoms with Crippen LogP contribution in [0.15, 0.2) is 140 Å². The second kappa shape index (κ2) is 30.7. The molecule has 4 atom stereocenters. The number of para-hydroxylation sites is 1. The Morgan fingerprint density at radius 3 is 1.50 bits per heavy atom. The largest absolute Gasteiger partial charge is 0.389 e. The number of amides is 8. The topological polar surface area (TPSA) is 267 Å². The van der Waals surface area contributed by atoms with Gasteiger partial charge in [0.1, 0.15) is 11.0 Å². The maximum Gasteiger partial charge on any atom is 0.389 e. The van der Waals surface area contributed by atoms with Crippen molar-refractivity contribution in [2.45, 2.75) is 127 Å². The van der Waals surface area contributed by atoms with Gasteiger partial charge in [-0.25, -0.2) is 44.1 Å². The number of hydrogen-bond donors (Lipinski definition) is 4. The number of urea groups is 4. The highest BCUT2D eigenvalue weighted by atomic mass is 35.5. The molecular formula is C78H85ClF3N23O4. The molecule has 8 aromatic heterocycles. The Balaban J connectivity index is 0.000000111. The fourth-order valence-corrected chi connectivity index (χ4v) is 16.3. The predicted molar refractivity (Wildman–Crippen MR) is 416 cm³/mol. The van der Waals surface area contributed by atoms with Gasteiger partial charge in [0, 0.05) is 150 Å². The van der Waals surface area contributed by atoms with Crippen molar-refractivity contribution in [1.29, 1.82) is 0 Å². The molecule has 564 valence electrons. The molecule has 109 heavy (non-hydrogen) atoms. The van der Waals surface area contributed by atoms with Gasteiger partial charge in [0.05, 0.1) is 64.5 Å². The zero-order valence-corrected chi connectivity index (χ0v) is 61.6. The van der Waals surface area contributed by atoms with Crippen molar-refractivity contribution < 1.29 is 32.3 Å². The lowest BCUT2D eigenvalue weighted by Crippen LogP contribution is -2.54. The van der Waals surface area contributed by atoms with Crippen LogP contribution >= 0.6 is 11.6 Å². The highest BCUT2D eigenvalue weighted by molar-refractivity contribution is 6.29. The molecule has 0 unspecified atom stereocenters. The van der Waals surface area contributed by atoms with Crippen LogP contribution in [0.5, 0.6) is 0 Å². The minimum atomic E-state index is -4.25. The van der Waals surface area contributed by atoms with Gasteiger partial charge in [0.2, 0.25) is 0 Å². The number of piperidine rings is 1. The van der Waals surface area contributed by atoms with Gasteiger partial charge in [-0.05, 0) is 169 Å². The Bertz CT molecular complexity index is 4870. The van der Waals surface area contributed by atoms with Crippen molar-refractivity contribution in [3.63, 3.8) is 0 Å². The van der Waals surface area contributed by atoms with E-state index in [-0.39, 0.29) is 53.8 Å². The summed E-state index contributed by atoms with van der Waals surface area (Å²) in [7, 11) is 1.82. The SMILES string of the molecule is Cc1cc(-c2ccc3c(n2)N(C(=O)NC2CCC2)[C@H]2CCN3C2)ccn1.Cc1cc(-c2ccc3c(n2)N(C(=O)Nc2ccn(C)n2)[C@H]2CCN3C2)ccn1.O=C(Nc1ccccc1CCC(F)(F)F)N1c2nc(Cl)ccc2N2CC[C@H]1C2.O=C(Nc1cnccn1)N1c2nc(N3CCCCC3)ccc2N2CC[C@H]1C2. The number of nitrogens with zero attached hydrogens (tertiary/aromatic N) is 19. The van der Waals surface area contributed by atoms with Crippen LogP contribution in [-0.2, 0) is 13.5 Å². The van der Waals surface area contributed by atoms with Crippen LogP contribution < -0.4 is 65.4 Å². The number of benzene rings is 1. The van der Waals surface area contributed by atoms with E-state index in [1.807, 2.05) is 73.2 Å². The van der Waals surface area contributed by atoms with Crippen molar-refractivity contribution in [1.82, 2.24) is 55.0 Å². The molecule has 5 saturated heterocycles. The lowest BCUT2D eigenvalue weighted by atomic mass is 9.93. The first-order valence-electron chi connectivity index (χ1n) is 37.5. The molecule has 4 N–H and O–H groups in total. The van der Waals surface area contributed by atoms with Crippen LogP contribution in [-0.4, -0.2) is 176 Å². The fraction of sp³-hybridized carbons (Fsp3) is 0.397. The lowest BCUT2D eigenvalue weighted by Gasteiger charge is -2.37. The van der Waals surface area contributed by atoms with Crippen molar-refractivity contribution in [3.05, 3.63) is 162 Å². The van der Waals surface area contributed by atoms with Gasteiger partial charge in [-0.1, -0.05) is 29.8 Å². The summed E-state index contributed by atoms with van der Waals surface area (Å²) >= 11 is 6.04. The smallest absolute Gasteiger partial charge is 0.366 e. The molecule has 0 radical (unpaired) electrons. The summed E-state index contributed by atoms with van der Waals surface area (Å²) in [5.41, 5.74) is 10.4. The van der Waals surface area contributed by atoms with E-state index >= 15 is 0 Å². The number of hydrogen-bond acceptors (Lipinski definition) is 18. The number of halogens is 4. The number of rotatable bonds is 9. The highest BCUT2D eigenvalue weighted by Crippen LogP contribution is 2.45. The second-order valence-corrected chi connectivity index (χ2v) is 29.5. The summed E-state index contributed by atoms with van der Waals surface area (Å²) in [5.74, 6) is 4.69. The molecule has 9 aliphatic heterocycles. The first kappa shape index (κ1) is 71.8. The van der Waals surface area contributed by atoms with Crippen molar-refractivity contribution in [2.24, 2.45) is 7.05 Å². The molecule has 9 aromatic rings. The molecule has 1 saturated carbocycles. The maximum atomic E-state index is 13.1. The second-order valence-electron chi connectivity index (χ2n) is 29.1. The number of pyridine rings is 6. The summed E-state index contributed by atoms with van der Waals surface area (Å²) in [6.07, 6.45) is 15.5. The van der Waals surface area contributed by atoms with Crippen LogP contribution in [0, 0.1) is 13.8 Å². The summed E-state index contributed by atoms with van der Waals surface area (Å²) in [5, 5.41) is 16.3. The third kappa shape index (κ3) is 15.4. The minimum Gasteiger partial charge on any atom is -0.366 e. The number of alkyl halides is 3. The Morgan fingerprint density at radius 1 is 0.495 bits per heavy atom. The van der Waals surface area contributed by atoms with Gasteiger partial charge in [0.15, 0.2) is 34.9 Å². The summed E-state index contributed by atoms with van der Waals surface area (Å²) < 4.78 is 39.5. The number of carbonyl (C=O) groups excluding carboxylic acids is 4. The van der Waals surface area contributed by atoms with Crippen molar-refractivity contribution in [3.8, 4) is 22.5 Å². The van der Waals surface area contributed by atoms with Crippen molar-refractivity contribution >= 4 is 105 Å². The van der Waals surface area contributed by atoms with Crippen LogP contribution in [0.1, 0.15) is 87.6 Å². The normalized spacial score (nSPS) is 19.5. The van der Waals surface area contributed by atoms with E-state index in [4.69, 9.17) is 26.6 Å². The van der Waals surface area contributed by atoms with Crippen LogP contribution in [0.25, 0.3) is 22.5 Å².